The van der Waals surface area contributed by atoms with Gasteiger partial charge in [-0.2, -0.15) is 0 Å². The Morgan fingerprint density at radius 2 is 1.69 bits per heavy atom. The topological polar surface area (TPSA) is 173 Å². The molecule has 0 fully saturated rings. The Hall–Kier alpha value is -4.06. The van der Waals surface area contributed by atoms with E-state index in [2.05, 4.69) is 10.3 Å². The number of nitrogens with one attached hydrogen (secondary N) is 2. The average Bonchev–Trinajstić information content (AvgIpc) is 3.16. The predicted molar refractivity (Wildman–Crippen MR) is 111 cm³/mol. The number of ketones is 1. The summed E-state index contributed by atoms with van der Waals surface area (Å²) in [5.74, 6) is -5.34. The number of carboxylic acids is 1. The van der Waals surface area contributed by atoms with Gasteiger partial charge in [0.25, 0.3) is 5.91 Å². The van der Waals surface area contributed by atoms with Gasteiger partial charge in [-0.1, -0.05) is 24.3 Å². The van der Waals surface area contributed by atoms with Crippen LogP contribution in [-0.2, 0) is 35.6 Å². The average molecular weight is 459 g/mol. The minimum Gasteiger partial charge on any atom is -0.474 e. The van der Waals surface area contributed by atoms with Gasteiger partial charge in [0.15, 0.2) is 10.8 Å². The van der Waals surface area contributed by atoms with Crippen molar-refractivity contribution in [3.63, 3.8) is 0 Å². The van der Waals surface area contributed by atoms with E-state index in [0.29, 0.717) is 16.7 Å². The highest BCUT2D eigenvalue weighted by atomic mass is 32.2. The maximum Gasteiger partial charge on any atom is 0.394 e. The van der Waals surface area contributed by atoms with Crippen LogP contribution in [0.5, 0.6) is 0 Å². The molecule has 0 aliphatic carbocycles. The molecule has 3 aromatic rings. The predicted octanol–water partition coefficient (Wildman–Crippen LogP) is 1.17. The van der Waals surface area contributed by atoms with E-state index < -0.39 is 38.8 Å². The van der Waals surface area contributed by atoms with Gasteiger partial charge in [0.1, 0.15) is 5.52 Å². The van der Waals surface area contributed by atoms with Crippen LogP contribution in [0.2, 0.25) is 0 Å². The molecule has 1 unspecified atom stereocenters. The first-order valence-electron chi connectivity index (χ1n) is 9.12. The van der Waals surface area contributed by atoms with Crippen LogP contribution in [0.25, 0.3) is 11.1 Å². The number of benzene rings is 2. The number of amides is 2. The monoisotopic (exact) mass is 459 g/mol. The van der Waals surface area contributed by atoms with Crippen molar-refractivity contribution in [2.45, 2.75) is 18.6 Å². The summed E-state index contributed by atoms with van der Waals surface area (Å²) >= 11 is 0. The summed E-state index contributed by atoms with van der Waals surface area (Å²) in [6.07, 6.45) is -0.194. The van der Waals surface area contributed by atoms with E-state index in [9.17, 15) is 27.6 Å². The lowest BCUT2D eigenvalue weighted by molar-refractivity contribution is -0.147. The number of aromatic nitrogens is 1. The first kappa shape index (κ1) is 22.6. The zero-order valence-corrected chi connectivity index (χ0v) is 17.4. The number of nitrogens with zero attached hydrogens (tertiary/aromatic N) is 1. The van der Waals surface area contributed by atoms with Gasteiger partial charge in [0, 0.05) is 12.6 Å². The van der Waals surface area contributed by atoms with Gasteiger partial charge in [-0.3, -0.25) is 14.4 Å². The van der Waals surface area contributed by atoms with Crippen molar-refractivity contribution in [3.8, 4) is 0 Å². The minimum absolute atomic E-state index is 0.182. The van der Waals surface area contributed by atoms with Crippen LogP contribution >= 0.6 is 0 Å². The van der Waals surface area contributed by atoms with Crippen molar-refractivity contribution in [2.75, 3.05) is 5.32 Å². The van der Waals surface area contributed by atoms with Gasteiger partial charge in [-0.05, 0) is 36.2 Å². The number of hydrogen-bond acceptors (Lipinski definition) is 8. The van der Waals surface area contributed by atoms with Crippen molar-refractivity contribution in [1.29, 1.82) is 0 Å². The van der Waals surface area contributed by atoms with Crippen molar-refractivity contribution in [1.82, 2.24) is 9.71 Å². The Balaban J connectivity index is 1.94. The van der Waals surface area contributed by atoms with E-state index in [1.54, 1.807) is 29.0 Å². The molecule has 0 aliphatic rings. The number of aliphatic carboxylic acids is 1. The molecular weight excluding hydrogens is 442 g/mol. The highest BCUT2D eigenvalue weighted by Crippen LogP contribution is 2.29. The van der Waals surface area contributed by atoms with Crippen LogP contribution < -0.4 is 10.0 Å². The molecule has 32 heavy (non-hydrogen) atoms. The van der Waals surface area contributed by atoms with E-state index in [1.165, 1.54) is 24.3 Å². The molecule has 166 valence electrons. The van der Waals surface area contributed by atoms with Crippen LogP contribution in [0.3, 0.4) is 0 Å². The molecule has 0 spiro atoms. The number of oxazole rings is 1. The van der Waals surface area contributed by atoms with E-state index in [1.807, 2.05) is 0 Å². The lowest BCUT2D eigenvalue weighted by Gasteiger charge is -2.15. The Kier molecular flexibility index (Phi) is 6.35. The van der Waals surface area contributed by atoms with E-state index in [4.69, 9.17) is 9.52 Å². The first-order valence-corrected chi connectivity index (χ1v) is 10.7. The summed E-state index contributed by atoms with van der Waals surface area (Å²) < 4.78 is 33.1. The number of para-hydroxylation sites is 2. The Bertz CT molecular complexity index is 1280. The largest absolute Gasteiger partial charge is 0.474 e. The molecule has 11 nitrogen and oxygen atoms in total. The normalized spacial score (nSPS) is 12.2. The third-order valence-electron chi connectivity index (χ3n) is 4.34. The molecule has 1 atom stereocenters. The standard InChI is InChI=1S/C20H17N3O8S/c1-11(24)17(25)23-32(29,30)16(19-22-14-4-2-3-5-15(14)31-19)10-12-6-8-13(9-7-12)21-18(26)20(27)28/h2-9,16H,10H2,1H3,(H,21,26)(H,23,25)(H,27,28). The number of hydrogen-bond donors (Lipinski definition) is 3. The molecule has 0 bridgehead atoms. The number of rotatable bonds is 7. The Labute approximate surface area is 181 Å². The quantitative estimate of drug-likeness (QED) is 0.438. The molecule has 12 heteroatoms. The summed E-state index contributed by atoms with van der Waals surface area (Å²) in [5.41, 5.74) is 1.39. The molecule has 0 radical (unpaired) electrons. The minimum atomic E-state index is -4.43. The second-order valence-electron chi connectivity index (χ2n) is 6.70. The third-order valence-corrected chi connectivity index (χ3v) is 5.93. The summed E-state index contributed by atoms with van der Waals surface area (Å²) in [4.78, 5) is 49.1. The fourth-order valence-corrected chi connectivity index (χ4v) is 4.08. The van der Waals surface area contributed by atoms with Crippen molar-refractivity contribution in [2.24, 2.45) is 0 Å². The second-order valence-corrected chi connectivity index (χ2v) is 8.56. The van der Waals surface area contributed by atoms with Crippen LogP contribution in [0.1, 0.15) is 23.6 Å². The zero-order chi connectivity index (χ0) is 23.5. The second kappa shape index (κ2) is 8.98. The molecule has 1 aromatic heterocycles. The van der Waals surface area contributed by atoms with Gasteiger partial charge in [-0.25, -0.2) is 22.9 Å². The molecule has 2 amide bonds. The Morgan fingerprint density at radius 1 is 1.03 bits per heavy atom. The molecule has 2 aromatic carbocycles. The van der Waals surface area contributed by atoms with E-state index >= 15 is 0 Å². The van der Waals surface area contributed by atoms with Crippen LogP contribution in [-0.4, -0.2) is 42.1 Å². The van der Waals surface area contributed by atoms with Crippen LogP contribution in [0.4, 0.5) is 5.69 Å². The van der Waals surface area contributed by atoms with Gasteiger partial charge in [0.2, 0.25) is 21.7 Å². The van der Waals surface area contributed by atoms with Gasteiger partial charge >= 0.3 is 11.9 Å². The van der Waals surface area contributed by atoms with Crippen LogP contribution in [0.15, 0.2) is 52.9 Å². The summed E-state index contributed by atoms with van der Waals surface area (Å²) in [5, 5.41) is 9.35. The SMILES string of the molecule is CC(=O)C(=O)NS(=O)(=O)C(Cc1ccc(NC(=O)C(=O)O)cc1)c1nc2ccccc2o1. The van der Waals surface area contributed by atoms with E-state index in [-0.39, 0.29) is 18.0 Å². The maximum atomic E-state index is 12.9. The third kappa shape index (κ3) is 5.16. The van der Waals surface area contributed by atoms with E-state index in [0.717, 1.165) is 6.92 Å². The summed E-state index contributed by atoms with van der Waals surface area (Å²) in [7, 11) is -4.43. The van der Waals surface area contributed by atoms with Crippen molar-refractivity contribution >= 4 is 50.4 Å². The van der Waals surface area contributed by atoms with Crippen molar-refractivity contribution < 1.29 is 37.1 Å². The van der Waals surface area contributed by atoms with Gasteiger partial charge in [0.05, 0.1) is 0 Å². The molecule has 0 aliphatic heterocycles. The summed E-state index contributed by atoms with van der Waals surface area (Å²) in [6.45, 7) is 0.934. The number of carbonyl (C=O) groups excluding carboxylic acids is 3. The maximum absolute atomic E-state index is 12.9. The zero-order valence-electron chi connectivity index (χ0n) is 16.6. The van der Waals surface area contributed by atoms with Crippen LogP contribution in [0, 0.1) is 0 Å². The fraction of sp³-hybridized carbons (Fsp3) is 0.150. The number of Topliss-reactive ketones (excluding diaryl/α,β-unsaturated/α-hetero) is 1. The van der Waals surface area contributed by atoms with Gasteiger partial charge < -0.3 is 14.8 Å². The molecular formula is C20H17N3O8S. The highest BCUT2D eigenvalue weighted by molar-refractivity contribution is 7.90. The molecule has 0 saturated heterocycles. The number of carboxylic acid groups (broad SMARTS) is 1. The lowest BCUT2D eigenvalue weighted by atomic mass is 10.1. The van der Waals surface area contributed by atoms with Crippen molar-refractivity contribution in [3.05, 3.63) is 60.0 Å². The molecule has 0 saturated carbocycles. The molecule has 1 heterocycles. The fourth-order valence-electron chi connectivity index (χ4n) is 2.75. The highest BCUT2D eigenvalue weighted by Gasteiger charge is 2.34. The number of anilines is 1. The smallest absolute Gasteiger partial charge is 0.394 e. The number of fused-ring (bicyclic) bond motifs is 1. The number of carbonyl (C=O) groups is 4. The first-order chi connectivity index (χ1) is 15.1. The van der Waals surface area contributed by atoms with Gasteiger partial charge in [-0.15, -0.1) is 0 Å². The molecule has 3 N–H and O–H groups in total. The number of sulfonamides is 1. The summed E-state index contributed by atoms with van der Waals surface area (Å²) in [6, 6.07) is 12.3. The molecule has 3 rings (SSSR count). The lowest BCUT2D eigenvalue weighted by Crippen LogP contribution is -2.38. The Morgan fingerprint density at radius 3 is 2.28 bits per heavy atom.